The van der Waals surface area contributed by atoms with Gasteiger partial charge in [-0.3, -0.25) is 0 Å². The van der Waals surface area contributed by atoms with Crippen LogP contribution in [-0.2, 0) is 6.54 Å². The Kier molecular flexibility index (Phi) is 5.52. The molecule has 21 heavy (non-hydrogen) atoms. The van der Waals surface area contributed by atoms with Gasteiger partial charge < -0.3 is 10.6 Å². The molecule has 0 radical (unpaired) electrons. The van der Waals surface area contributed by atoms with Gasteiger partial charge in [0.05, 0.1) is 11.6 Å². The van der Waals surface area contributed by atoms with Crippen LogP contribution in [0.15, 0.2) is 35.1 Å². The van der Waals surface area contributed by atoms with Crippen molar-refractivity contribution in [2.24, 2.45) is 0 Å². The van der Waals surface area contributed by atoms with E-state index < -0.39 is 0 Å². The van der Waals surface area contributed by atoms with Gasteiger partial charge in [0.2, 0.25) is 0 Å². The van der Waals surface area contributed by atoms with E-state index in [9.17, 15) is 0 Å². The van der Waals surface area contributed by atoms with E-state index in [1.807, 2.05) is 18.2 Å². The van der Waals surface area contributed by atoms with Gasteiger partial charge in [0.15, 0.2) is 0 Å². The van der Waals surface area contributed by atoms with E-state index in [0.717, 1.165) is 34.6 Å². The molecule has 0 spiro atoms. The Morgan fingerprint density at radius 1 is 1.24 bits per heavy atom. The third-order valence-electron chi connectivity index (χ3n) is 2.85. The molecule has 0 unspecified atom stereocenters. The van der Waals surface area contributed by atoms with Crippen LogP contribution in [0.3, 0.4) is 0 Å². The van der Waals surface area contributed by atoms with Crippen molar-refractivity contribution in [1.82, 2.24) is 9.97 Å². The highest BCUT2D eigenvalue weighted by molar-refractivity contribution is 9.10. The minimum atomic E-state index is 0.596. The minimum absolute atomic E-state index is 0.596. The minimum Gasteiger partial charge on any atom is -0.369 e. The topological polar surface area (TPSA) is 73.6 Å². The standard InChI is InChI=1S/C15H16BrN5/c1-2-6-18-14-13(16)15(21-10-20-14)19-9-12-5-3-4-11(7-12)8-17/h3-5,7,10H,2,6,9H2,1H3,(H2,18,19,20,21). The first-order chi connectivity index (χ1) is 10.2. The molecule has 0 amide bonds. The predicted octanol–water partition coefficient (Wildman–Crippen LogP) is 3.54. The average Bonchev–Trinajstić information content (AvgIpc) is 2.53. The number of aromatic nitrogens is 2. The fourth-order valence-electron chi connectivity index (χ4n) is 1.80. The normalized spacial score (nSPS) is 9.95. The van der Waals surface area contributed by atoms with Gasteiger partial charge in [-0.25, -0.2) is 9.97 Å². The summed E-state index contributed by atoms with van der Waals surface area (Å²) in [5, 5.41) is 15.4. The number of nitrogens with one attached hydrogen (secondary N) is 2. The number of nitrogens with zero attached hydrogens (tertiary/aromatic N) is 3. The summed E-state index contributed by atoms with van der Waals surface area (Å²) in [6.07, 6.45) is 2.55. The van der Waals surface area contributed by atoms with Crippen LogP contribution in [0.5, 0.6) is 0 Å². The van der Waals surface area contributed by atoms with Crippen molar-refractivity contribution >= 4 is 27.6 Å². The summed E-state index contributed by atoms with van der Waals surface area (Å²) in [5.74, 6) is 1.51. The van der Waals surface area contributed by atoms with Gasteiger partial charge >= 0.3 is 0 Å². The van der Waals surface area contributed by atoms with Gasteiger partial charge in [0.1, 0.15) is 22.4 Å². The number of rotatable bonds is 6. The largest absolute Gasteiger partial charge is 0.369 e. The fraction of sp³-hybridized carbons (Fsp3) is 0.267. The van der Waals surface area contributed by atoms with Crippen LogP contribution >= 0.6 is 15.9 Å². The summed E-state index contributed by atoms with van der Waals surface area (Å²) < 4.78 is 0.815. The first-order valence-corrected chi connectivity index (χ1v) is 7.51. The van der Waals surface area contributed by atoms with E-state index in [-0.39, 0.29) is 0 Å². The molecular formula is C15H16BrN5. The Bertz CT molecular complexity index is 651. The second-order valence-electron chi connectivity index (χ2n) is 4.48. The van der Waals surface area contributed by atoms with E-state index in [4.69, 9.17) is 5.26 Å². The lowest BCUT2D eigenvalue weighted by atomic mass is 10.1. The molecule has 0 bridgehead atoms. The lowest BCUT2D eigenvalue weighted by molar-refractivity contribution is 0.960. The van der Waals surface area contributed by atoms with Crippen LogP contribution in [-0.4, -0.2) is 16.5 Å². The van der Waals surface area contributed by atoms with E-state index >= 15 is 0 Å². The van der Waals surface area contributed by atoms with Crippen LogP contribution in [0, 0.1) is 11.3 Å². The molecule has 0 aliphatic rings. The summed E-state index contributed by atoms with van der Waals surface area (Å²) in [6.45, 7) is 3.56. The average molecular weight is 346 g/mol. The molecule has 0 aliphatic carbocycles. The van der Waals surface area contributed by atoms with Gasteiger partial charge in [-0.2, -0.15) is 5.26 Å². The maximum Gasteiger partial charge on any atom is 0.146 e. The molecule has 1 aromatic heterocycles. The van der Waals surface area contributed by atoms with Gasteiger partial charge in [0, 0.05) is 13.1 Å². The number of hydrogen-bond donors (Lipinski definition) is 2. The van der Waals surface area contributed by atoms with Crippen molar-refractivity contribution in [2.75, 3.05) is 17.2 Å². The molecule has 108 valence electrons. The predicted molar refractivity (Wildman–Crippen MR) is 87.0 cm³/mol. The molecule has 0 fully saturated rings. The molecule has 2 aromatic rings. The van der Waals surface area contributed by atoms with Gasteiger partial charge in [-0.05, 0) is 40.0 Å². The molecule has 0 saturated heterocycles. The summed E-state index contributed by atoms with van der Waals surface area (Å²) >= 11 is 3.51. The monoisotopic (exact) mass is 345 g/mol. The van der Waals surface area contributed by atoms with Crippen molar-refractivity contribution < 1.29 is 0 Å². The van der Waals surface area contributed by atoms with Crippen LogP contribution in [0.1, 0.15) is 24.5 Å². The van der Waals surface area contributed by atoms with E-state index in [0.29, 0.717) is 12.1 Å². The first-order valence-electron chi connectivity index (χ1n) is 6.72. The van der Waals surface area contributed by atoms with Crippen LogP contribution in [0.2, 0.25) is 0 Å². The Balaban J connectivity index is 2.07. The first kappa shape index (κ1) is 15.3. The molecule has 0 saturated carbocycles. The molecule has 2 rings (SSSR count). The molecule has 5 nitrogen and oxygen atoms in total. The van der Waals surface area contributed by atoms with Crippen LogP contribution in [0.25, 0.3) is 0 Å². The number of hydrogen-bond acceptors (Lipinski definition) is 5. The molecule has 0 aliphatic heterocycles. The lowest BCUT2D eigenvalue weighted by Crippen LogP contribution is -2.07. The maximum atomic E-state index is 8.90. The third-order valence-corrected chi connectivity index (χ3v) is 3.60. The summed E-state index contributed by atoms with van der Waals surface area (Å²) in [7, 11) is 0. The molecule has 6 heteroatoms. The Morgan fingerprint density at radius 3 is 2.71 bits per heavy atom. The molecule has 1 aromatic carbocycles. The molecule has 2 N–H and O–H groups in total. The zero-order valence-electron chi connectivity index (χ0n) is 11.7. The Labute approximate surface area is 132 Å². The van der Waals surface area contributed by atoms with Crippen molar-refractivity contribution in [3.05, 3.63) is 46.2 Å². The van der Waals surface area contributed by atoms with Gasteiger partial charge in [-0.15, -0.1) is 0 Å². The van der Waals surface area contributed by atoms with Crippen molar-refractivity contribution in [3.8, 4) is 6.07 Å². The van der Waals surface area contributed by atoms with E-state index in [1.54, 1.807) is 6.07 Å². The Morgan fingerprint density at radius 2 is 2.00 bits per heavy atom. The quantitative estimate of drug-likeness (QED) is 0.837. The highest BCUT2D eigenvalue weighted by Gasteiger charge is 2.08. The Hall–Kier alpha value is -2.13. The molecular weight excluding hydrogens is 330 g/mol. The van der Waals surface area contributed by atoms with Crippen molar-refractivity contribution in [2.45, 2.75) is 19.9 Å². The number of nitriles is 1. The summed E-state index contributed by atoms with van der Waals surface area (Å²) in [5.41, 5.74) is 1.68. The van der Waals surface area contributed by atoms with E-state index in [2.05, 4.69) is 49.5 Å². The summed E-state index contributed by atoms with van der Waals surface area (Å²) in [4.78, 5) is 8.44. The zero-order valence-corrected chi connectivity index (χ0v) is 13.3. The second-order valence-corrected chi connectivity index (χ2v) is 5.27. The lowest BCUT2D eigenvalue weighted by Gasteiger charge is -2.11. The third kappa shape index (κ3) is 4.17. The highest BCUT2D eigenvalue weighted by atomic mass is 79.9. The maximum absolute atomic E-state index is 8.90. The zero-order chi connectivity index (χ0) is 15.1. The van der Waals surface area contributed by atoms with Crippen LogP contribution < -0.4 is 10.6 Å². The van der Waals surface area contributed by atoms with Crippen molar-refractivity contribution in [1.29, 1.82) is 5.26 Å². The number of halogens is 1. The smallest absolute Gasteiger partial charge is 0.146 e. The number of benzene rings is 1. The summed E-state index contributed by atoms with van der Waals surface area (Å²) in [6, 6.07) is 9.63. The van der Waals surface area contributed by atoms with Gasteiger partial charge in [0.25, 0.3) is 0 Å². The molecule has 1 heterocycles. The van der Waals surface area contributed by atoms with Gasteiger partial charge in [-0.1, -0.05) is 19.1 Å². The van der Waals surface area contributed by atoms with E-state index in [1.165, 1.54) is 6.33 Å². The molecule has 0 atom stereocenters. The SMILES string of the molecule is CCCNc1ncnc(NCc2cccc(C#N)c2)c1Br. The van der Waals surface area contributed by atoms with Crippen molar-refractivity contribution in [3.63, 3.8) is 0 Å². The fourth-order valence-corrected chi connectivity index (χ4v) is 2.28. The highest BCUT2D eigenvalue weighted by Crippen LogP contribution is 2.26. The number of anilines is 2. The second kappa shape index (κ2) is 7.60. The van der Waals surface area contributed by atoms with Crippen LogP contribution in [0.4, 0.5) is 11.6 Å².